The van der Waals surface area contributed by atoms with Gasteiger partial charge < -0.3 is 10.1 Å². The zero-order valence-corrected chi connectivity index (χ0v) is 21.4. The smallest absolute Gasteiger partial charge is 0.249 e. The van der Waals surface area contributed by atoms with Crippen molar-refractivity contribution >= 4 is 60.2 Å². The Morgan fingerprint density at radius 2 is 2.10 bits per heavy atom. The summed E-state index contributed by atoms with van der Waals surface area (Å²) in [7, 11) is 1.59. The van der Waals surface area contributed by atoms with E-state index in [0.29, 0.717) is 22.2 Å². The molecule has 2 aromatic rings. The van der Waals surface area contributed by atoms with Crippen molar-refractivity contribution in [3.8, 4) is 11.8 Å². The van der Waals surface area contributed by atoms with Crippen molar-refractivity contribution in [2.24, 2.45) is 11.3 Å². The Kier molecular flexibility index (Phi) is 7.11. The van der Waals surface area contributed by atoms with E-state index in [1.165, 1.54) is 11.0 Å². The maximum absolute atomic E-state index is 12.6. The molecule has 1 aliphatic carbocycles. The van der Waals surface area contributed by atoms with Crippen LogP contribution in [-0.2, 0) is 17.6 Å². The first-order valence-corrected chi connectivity index (χ1v) is 12.1. The fraction of sp³-hybridized carbons (Fsp3) is 0.391. The number of hydrogen-bond acceptors (Lipinski definition) is 4. The number of nitriles is 1. The molecule has 158 valence electrons. The molecule has 3 rings (SSSR count). The van der Waals surface area contributed by atoms with Gasteiger partial charge in [-0.3, -0.25) is 4.79 Å². The largest absolute Gasteiger partial charge is 0.495 e. The van der Waals surface area contributed by atoms with Crippen LogP contribution in [0.5, 0.6) is 5.75 Å². The minimum absolute atomic E-state index is 0.234. The lowest BCUT2D eigenvalue weighted by Crippen LogP contribution is -2.26. The van der Waals surface area contributed by atoms with Crippen molar-refractivity contribution in [3.05, 3.63) is 48.7 Å². The fourth-order valence-electron chi connectivity index (χ4n) is 3.77. The van der Waals surface area contributed by atoms with Crippen LogP contribution in [-0.4, -0.2) is 13.0 Å². The van der Waals surface area contributed by atoms with Crippen molar-refractivity contribution in [3.63, 3.8) is 0 Å². The van der Waals surface area contributed by atoms with Crippen LogP contribution in [0, 0.1) is 22.7 Å². The molecule has 1 atom stereocenters. The third kappa shape index (κ3) is 4.99. The second-order valence-electron chi connectivity index (χ2n) is 8.46. The summed E-state index contributed by atoms with van der Waals surface area (Å²) in [5.74, 6) is 0.969. The third-order valence-electron chi connectivity index (χ3n) is 5.49. The average Bonchev–Trinajstić information content (AvgIpc) is 3.01. The number of rotatable bonds is 4. The fourth-order valence-corrected chi connectivity index (χ4v) is 6.47. The molecule has 0 radical (unpaired) electrons. The van der Waals surface area contributed by atoms with Crippen LogP contribution in [0.3, 0.4) is 0 Å². The zero-order chi connectivity index (χ0) is 22.1. The van der Waals surface area contributed by atoms with E-state index in [9.17, 15) is 10.1 Å². The van der Waals surface area contributed by atoms with Crippen molar-refractivity contribution in [2.45, 2.75) is 40.0 Å². The number of benzene rings is 1. The summed E-state index contributed by atoms with van der Waals surface area (Å²) in [6.07, 6.45) is 6.11. The van der Waals surface area contributed by atoms with Gasteiger partial charge in [-0.2, -0.15) is 5.26 Å². The van der Waals surface area contributed by atoms with E-state index in [1.807, 2.05) is 12.1 Å². The van der Waals surface area contributed by atoms with E-state index in [-0.39, 0.29) is 11.3 Å². The molecular formula is C23H24Br2N2O2S. The SMILES string of the molecule is COc1c(Br)cc(Br)cc1/C=C/C(=O)Nc1sc2c(c1C#N)CC[C@@H](C(C)(C)C)C2. The summed E-state index contributed by atoms with van der Waals surface area (Å²) in [6.45, 7) is 6.80. The average molecular weight is 552 g/mol. The Labute approximate surface area is 198 Å². The molecule has 0 spiro atoms. The van der Waals surface area contributed by atoms with E-state index in [2.05, 4.69) is 64.0 Å². The second-order valence-corrected chi connectivity index (χ2v) is 11.3. The van der Waals surface area contributed by atoms with Gasteiger partial charge in [0.1, 0.15) is 16.8 Å². The molecule has 1 aliphatic rings. The number of ether oxygens (including phenoxy) is 1. The Hall–Kier alpha value is -1.62. The van der Waals surface area contributed by atoms with E-state index in [4.69, 9.17) is 4.74 Å². The standard InChI is InChI=1S/C23H24Br2N2O2S/c1-23(2,3)14-6-7-16-17(12-26)22(30-19(16)10-14)27-20(28)8-5-13-9-15(24)11-18(25)21(13)29-4/h5,8-9,11,14H,6-7,10H2,1-4H3,(H,27,28)/b8-5+/t14-/m1/s1. The summed E-state index contributed by atoms with van der Waals surface area (Å²) in [5, 5.41) is 13.3. The number of methoxy groups -OCH3 is 1. The van der Waals surface area contributed by atoms with Gasteiger partial charge in [0.05, 0.1) is 17.1 Å². The van der Waals surface area contributed by atoms with Crippen LogP contribution in [0.25, 0.3) is 6.08 Å². The number of nitrogens with zero attached hydrogens (tertiary/aromatic N) is 1. The molecule has 0 bridgehead atoms. The first-order chi connectivity index (χ1) is 14.1. The van der Waals surface area contributed by atoms with Crippen LogP contribution in [0.2, 0.25) is 0 Å². The van der Waals surface area contributed by atoms with Crippen molar-refractivity contribution in [1.29, 1.82) is 5.26 Å². The number of carbonyl (C=O) groups is 1. The normalized spacial score (nSPS) is 16.2. The van der Waals surface area contributed by atoms with Gasteiger partial charge in [0, 0.05) is 21.0 Å². The van der Waals surface area contributed by atoms with Crippen LogP contribution >= 0.6 is 43.2 Å². The number of halogens is 2. The summed E-state index contributed by atoms with van der Waals surface area (Å²) in [4.78, 5) is 13.8. The molecule has 1 heterocycles. The minimum atomic E-state index is -0.268. The lowest BCUT2D eigenvalue weighted by Gasteiger charge is -2.33. The number of nitrogens with one attached hydrogen (secondary N) is 1. The number of amides is 1. The first kappa shape index (κ1) is 23.1. The lowest BCUT2D eigenvalue weighted by molar-refractivity contribution is -0.111. The third-order valence-corrected chi connectivity index (χ3v) is 7.71. The molecule has 1 aromatic heterocycles. The zero-order valence-electron chi connectivity index (χ0n) is 17.4. The summed E-state index contributed by atoms with van der Waals surface area (Å²) < 4.78 is 7.09. The Morgan fingerprint density at radius 3 is 2.73 bits per heavy atom. The number of anilines is 1. The molecule has 0 aliphatic heterocycles. The van der Waals surface area contributed by atoms with Crippen LogP contribution in [0.15, 0.2) is 27.2 Å². The van der Waals surface area contributed by atoms with E-state index >= 15 is 0 Å². The predicted molar refractivity (Wildman–Crippen MR) is 130 cm³/mol. The van der Waals surface area contributed by atoms with E-state index < -0.39 is 0 Å². The van der Waals surface area contributed by atoms with Gasteiger partial charge in [-0.25, -0.2) is 0 Å². The molecule has 0 unspecified atom stereocenters. The summed E-state index contributed by atoms with van der Waals surface area (Å²) >= 11 is 8.46. The van der Waals surface area contributed by atoms with Crippen LogP contribution in [0.4, 0.5) is 5.00 Å². The molecule has 1 N–H and O–H groups in total. The quantitative estimate of drug-likeness (QED) is 0.418. The van der Waals surface area contributed by atoms with Crippen LogP contribution < -0.4 is 10.1 Å². The molecule has 30 heavy (non-hydrogen) atoms. The minimum Gasteiger partial charge on any atom is -0.495 e. The maximum Gasteiger partial charge on any atom is 0.249 e. The summed E-state index contributed by atoms with van der Waals surface area (Å²) in [5.41, 5.74) is 2.73. The highest BCUT2D eigenvalue weighted by atomic mass is 79.9. The summed E-state index contributed by atoms with van der Waals surface area (Å²) in [6, 6.07) is 6.07. The molecular weight excluding hydrogens is 528 g/mol. The first-order valence-electron chi connectivity index (χ1n) is 9.70. The molecule has 0 fully saturated rings. The number of carbonyl (C=O) groups excluding carboxylic acids is 1. The van der Waals surface area contributed by atoms with Crippen molar-refractivity contribution < 1.29 is 9.53 Å². The molecule has 7 heteroatoms. The molecule has 4 nitrogen and oxygen atoms in total. The van der Waals surface area contributed by atoms with Gasteiger partial charge in [-0.05, 0) is 70.3 Å². The molecule has 1 aromatic carbocycles. The van der Waals surface area contributed by atoms with Gasteiger partial charge in [0.25, 0.3) is 0 Å². The molecule has 0 saturated heterocycles. The Bertz CT molecular complexity index is 1040. The van der Waals surface area contributed by atoms with Gasteiger partial charge in [-0.1, -0.05) is 36.7 Å². The van der Waals surface area contributed by atoms with E-state index in [0.717, 1.165) is 39.3 Å². The predicted octanol–water partition coefficient (Wildman–Crippen LogP) is 6.96. The highest BCUT2D eigenvalue weighted by Crippen LogP contribution is 2.44. The van der Waals surface area contributed by atoms with Gasteiger partial charge in [-0.15, -0.1) is 11.3 Å². The van der Waals surface area contributed by atoms with Crippen molar-refractivity contribution in [1.82, 2.24) is 0 Å². The lowest BCUT2D eigenvalue weighted by atomic mass is 9.72. The van der Waals surface area contributed by atoms with Crippen LogP contribution in [0.1, 0.15) is 48.8 Å². The topological polar surface area (TPSA) is 62.1 Å². The number of hydrogen-bond donors (Lipinski definition) is 1. The van der Waals surface area contributed by atoms with Gasteiger partial charge in [0.15, 0.2) is 0 Å². The van der Waals surface area contributed by atoms with E-state index in [1.54, 1.807) is 24.5 Å². The second kappa shape index (κ2) is 9.25. The highest BCUT2D eigenvalue weighted by Gasteiger charge is 2.32. The highest BCUT2D eigenvalue weighted by molar-refractivity contribution is 9.11. The Balaban J connectivity index is 1.81. The Morgan fingerprint density at radius 1 is 1.37 bits per heavy atom. The van der Waals surface area contributed by atoms with Gasteiger partial charge in [0.2, 0.25) is 5.91 Å². The molecule has 1 amide bonds. The van der Waals surface area contributed by atoms with Crippen molar-refractivity contribution in [2.75, 3.05) is 12.4 Å². The molecule has 0 saturated carbocycles. The monoisotopic (exact) mass is 550 g/mol. The number of thiophene rings is 1. The number of fused-ring (bicyclic) bond motifs is 1. The van der Waals surface area contributed by atoms with Gasteiger partial charge >= 0.3 is 0 Å². The maximum atomic E-state index is 12.6.